The fraction of sp³-hybridized carbons (Fsp3) is 0.455. The van der Waals surface area contributed by atoms with E-state index in [9.17, 15) is 5.11 Å². The van der Waals surface area contributed by atoms with Crippen LogP contribution in [0.3, 0.4) is 0 Å². The quantitative estimate of drug-likeness (QED) is 0.726. The molecule has 2 aliphatic rings. The molecule has 1 saturated heterocycles. The monoisotopic (exact) mass is 395 g/mol. The average Bonchev–Trinajstić information content (AvgIpc) is 3.35. The van der Waals surface area contributed by atoms with Crippen LogP contribution in [-0.2, 0) is 9.47 Å². The lowest BCUT2D eigenvalue weighted by molar-refractivity contribution is -0.170. The van der Waals surface area contributed by atoms with Crippen molar-refractivity contribution in [1.82, 2.24) is 14.5 Å². The highest BCUT2D eigenvalue weighted by atomic mass is 16.8. The molecule has 1 saturated carbocycles. The second-order valence-corrected chi connectivity index (χ2v) is 8.66. The maximum absolute atomic E-state index is 10.1. The van der Waals surface area contributed by atoms with Crippen molar-refractivity contribution >= 4 is 11.0 Å². The van der Waals surface area contributed by atoms with E-state index >= 15 is 0 Å². The summed E-state index contributed by atoms with van der Waals surface area (Å²) in [4.78, 5) is 8.86. The fourth-order valence-corrected chi connectivity index (χ4v) is 4.63. The highest BCUT2D eigenvalue weighted by Crippen LogP contribution is 2.53. The van der Waals surface area contributed by atoms with Crippen molar-refractivity contribution in [3.8, 4) is 11.6 Å². The molecular formula is C22H25N3O4. The summed E-state index contributed by atoms with van der Waals surface area (Å²) in [7, 11) is 0. The maximum atomic E-state index is 10.1. The zero-order valence-electron chi connectivity index (χ0n) is 16.8. The van der Waals surface area contributed by atoms with Gasteiger partial charge in [-0.25, -0.2) is 9.97 Å². The topological polar surface area (TPSA) is 78.6 Å². The van der Waals surface area contributed by atoms with Gasteiger partial charge in [0.25, 0.3) is 0 Å². The normalized spacial score (nSPS) is 30.6. The summed E-state index contributed by atoms with van der Waals surface area (Å²) in [5, 5.41) is 10.9. The first kappa shape index (κ1) is 18.5. The number of aliphatic hydroxyl groups is 1. The summed E-state index contributed by atoms with van der Waals surface area (Å²) < 4.78 is 20.5. The number of hydrogen-bond acceptors (Lipinski definition) is 6. The molecule has 7 nitrogen and oxygen atoms in total. The fourth-order valence-electron chi connectivity index (χ4n) is 4.63. The predicted molar refractivity (Wildman–Crippen MR) is 107 cm³/mol. The van der Waals surface area contributed by atoms with Crippen LogP contribution in [0.15, 0.2) is 48.9 Å². The van der Waals surface area contributed by atoms with E-state index in [2.05, 4.69) is 21.5 Å². The highest BCUT2D eigenvalue weighted by Gasteiger charge is 2.59. The van der Waals surface area contributed by atoms with E-state index < -0.39 is 5.79 Å². The van der Waals surface area contributed by atoms with Gasteiger partial charge in [-0.3, -0.25) is 0 Å². The summed E-state index contributed by atoms with van der Waals surface area (Å²) in [6.07, 6.45) is 3.91. The van der Waals surface area contributed by atoms with Crippen LogP contribution in [0.4, 0.5) is 0 Å². The number of aromatic nitrogens is 3. The molecule has 152 valence electrons. The Kier molecular flexibility index (Phi) is 4.17. The third kappa shape index (κ3) is 3.01. The third-order valence-corrected chi connectivity index (χ3v) is 6.02. The van der Waals surface area contributed by atoms with Crippen molar-refractivity contribution in [3.63, 3.8) is 0 Å². The number of hydrogen-bond donors (Lipinski definition) is 1. The molecule has 1 N–H and O–H groups in total. The Morgan fingerprint density at radius 3 is 2.69 bits per heavy atom. The molecule has 7 heteroatoms. The number of para-hydroxylation sites is 1. The molecule has 3 heterocycles. The van der Waals surface area contributed by atoms with E-state index in [4.69, 9.17) is 14.2 Å². The van der Waals surface area contributed by atoms with E-state index in [0.29, 0.717) is 5.88 Å². The van der Waals surface area contributed by atoms with Crippen LogP contribution < -0.4 is 4.74 Å². The van der Waals surface area contributed by atoms with Crippen LogP contribution in [-0.4, -0.2) is 44.2 Å². The number of aliphatic hydroxyl groups excluding tert-OH is 1. The van der Waals surface area contributed by atoms with Crippen molar-refractivity contribution in [2.45, 2.75) is 51.2 Å². The van der Waals surface area contributed by atoms with Gasteiger partial charge in [0.15, 0.2) is 5.79 Å². The molecule has 2 fully saturated rings. The molecule has 2 aromatic heterocycles. The predicted octanol–water partition coefficient (Wildman–Crippen LogP) is 3.69. The summed E-state index contributed by atoms with van der Waals surface area (Å²) in [6.45, 7) is 5.94. The molecule has 0 amide bonds. The minimum Gasteiger partial charge on any atom is -0.438 e. The number of nitrogens with zero attached hydrogens (tertiary/aromatic N) is 3. The summed E-state index contributed by atoms with van der Waals surface area (Å²) in [5.41, 5.74) is 0.404. The van der Waals surface area contributed by atoms with Gasteiger partial charge < -0.3 is 23.9 Å². The van der Waals surface area contributed by atoms with E-state index in [1.165, 1.54) is 6.33 Å². The molecule has 1 aliphatic carbocycles. The second-order valence-electron chi connectivity index (χ2n) is 8.66. The Balaban J connectivity index is 1.53. The third-order valence-electron chi connectivity index (χ3n) is 6.02. The van der Waals surface area contributed by atoms with Gasteiger partial charge in [0.1, 0.15) is 23.8 Å². The highest BCUT2D eigenvalue weighted by molar-refractivity contribution is 5.81. The Hall–Kier alpha value is -2.48. The molecule has 1 aliphatic heterocycles. The van der Waals surface area contributed by atoms with Crippen LogP contribution in [0.2, 0.25) is 0 Å². The zero-order valence-corrected chi connectivity index (χ0v) is 16.8. The minimum atomic E-state index is -0.677. The van der Waals surface area contributed by atoms with Crippen LogP contribution in [0.25, 0.3) is 11.0 Å². The van der Waals surface area contributed by atoms with E-state index in [0.717, 1.165) is 23.2 Å². The first-order chi connectivity index (χ1) is 13.9. The van der Waals surface area contributed by atoms with Gasteiger partial charge >= 0.3 is 0 Å². The molecule has 29 heavy (non-hydrogen) atoms. The van der Waals surface area contributed by atoms with Crippen LogP contribution >= 0.6 is 0 Å². The van der Waals surface area contributed by atoms with E-state index in [1.807, 2.05) is 56.4 Å². The van der Waals surface area contributed by atoms with Gasteiger partial charge in [-0.15, -0.1) is 0 Å². The van der Waals surface area contributed by atoms with Crippen molar-refractivity contribution in [2.24, 2.45) is 5.41 Å². The molecule has 4 atom stereocenters. The summed E-state index contributed by atoms with van der Waals surface area (Å²) in [6, 6.07) is 11.5. The van der Waals surface area contributed by atoms with E-state index in [1.54, 1.807) is 0 Å². The molecular weight excluding hydrogens is 370 g/mol. The Morgan fingerprint density at radius 1 is 1.14 bits per heavy atom. The van der Waals surface area contributed by atoms with Crippen LogP contribution in [0.1, 0.15) is 33.2 Å². The lowest BCUT2D eigenvalue weighted by Crippen LogP contribution is -2.36. The van der Waals surface area contributed by atoms with Gasteiger partial charge in [-0.1, -0.05) is 25.1 Å². The first-order valence-electron chi connectivity index (χ1n) is 9.91. The Morgan fingerprint density at radius 2 is 1.93 bits per heavy atom. The van der Waals surface area contributed by atoms with Gasteiger partial charge in [-0.05, 0) is 38.5 Å². The Labute approximate surface area is 169 Å². The molecule has 3 aromatic rings. The lowest BCUT2D eigenvalue weighted by Gasteiger charge is -2.29. The van der Waals surface area contributed by atoms with Crippen molar-refractivity contribution < 1.29 is 19.3 Å². The van der Waals surface area contributed by atoms with Gasteiger partial charge in [0.2, 0.25) is 5.88 Å². The summed E-state index contributed by atoms with van der Waals surface area (Å²) >= 11 is 0. The molecule has 0 unspecified atom stereocenters. The Bertz CT molecular complexity index is 1030. The first-order valence-corrected chi connectivity index (χ1v) is 9.91. The van der Waals surface area contributed by atoms with Crippen LogP contribution in [0, 0.1) is 5.41 Å². The van der Waals surface area contributed by atoms with Crippen LogP contribution in [0.5, 0.6) is 11.6 Å². The summed E-state index contributed by atoms with van der Waals surface area (Å²) in [5.74, 6) is 0.566. The van der Waals surface area contributed by atoms with Gasteiger partial charge in [0, 0.05) is 11.6 Å². The molecule has 5 rings (SSSR count). The number of fused-ring (bicyclic) bond motifs is 2. The van der Waals surface area contributed by atoms with Gasteiger partial charge in [-0.2, -0.15) is 0 Å². The van der Waals surface area contributed by atoms with Crippen molar-refractivity contribution in [1.29, 1.82) is 0 Å². The molecule has 0 radical (unpaired) electrons. The molecule has 1 aromatic carbocycles. The number of ether oxygens (including phenoxy) is 3. The SMILES string of the molecule is CC1(C)O[C@H]2[C@H](n3ccc4c(Oc5ccccc5)ncnc43)C[C@@](C)(CO)[C@H]2O1. The van der Waals surface area contributed by atoms with Gasteiger partial charge in [0.05, 0.1) is 24.1 Å². The molecule has 0 spiro atoms. The smallest absolute Gasteiger partial charge is 0.231 e. The lowest BCUT2D eigenvalue weighted by atomic mass is 9.87. The minimum absolute atomic E-state index is 0.00380. The standard InChI is InChI=1S/C22H25N3O4/c1-21(2)28-17-16(11-22(3,12-26)18(17)29-21)25-10-9-15-19(25)23-13-24-20(15)27-14-7-5-4-6-8-14/h4-10,13,16-18,26H,11-12H2,1-3H3/t16-,17+,18+,22+/m1/s1. The zero-order chi connectivity index (χ0) is 20.2. The maximum Gasteiger partial charge on any atom is 0.231 e. The van der Waals surface area contributed by atoms with E-state index in [-0.39, 0.29) is 30.3 Å². The van der Waals surface area contributed by atoms with Crippen molar-refractivity contribution in [3.05, 3.63) is 48.9 Å². The van der Waals surface area contributed by atoms with Crippen molar-refractivity contribution in [2.75, 3.05) is 6.61 Å². The average molecular weight is 395 g/mol. The number of rotatable bonds is 4. The second kappa shape index (κ2) is 6.52. The number of benzene rings is 1. The molecule has 0 bridgehead atoms. The largest absolute Gasteiger partial charge is 0.438 e.